The van der Waals surface area contributed by atoms with Crippen LogP contribution in [0.15, 0.2) is 47.6 Å². The molecule has 2 aromatic rings. The standard InChI is InChI=1S/C19H25ClN4O/c1-14-4-7-17(8-5-14)25-15(2)12-24-19(21-3)22-11-10-16-6-9-18(20)23-13-16/h4-9,13,15H,10-12H2,1-3H3,(H2,21,22,24). The van der Waals surface area contributed by atoms with Crippen LogP contribution in [0.3, 0.4) is 0 Å². The van der Waals surface area contributed by atoms with Gasteiger partial charge in [0.2, 0.25) is 0 Å². The molecular weight excluding hydrogens is 336 g/mol. The van der Waals surface area contributed by atoms with E-state index in [0.29, 0.717) is 11.7 Å². The molecule has 1 atom stereocenters. The second-order valence-electron chi connectivity index (χ2n) is 5.86. The molecule has 1 aromatic carbocycles. The molecule has 0 aliphatic rings. The Balaban J connectivity index is 1.70. The van der Waals surface area contributed by atoms with Crippen molar-refractivity contribution in [3.8, 4) is 5.75 Å². The monoisotopic (exact) mass is 360 g/mol. The van der Waals surface area contributed by atoms with E-state index in [4.69, 9.17) is 16.3 Å². The Hall–Kier alpha value is -2.27. The molecule has 1 unspecified atom stereocenters. The molecule has 1 heterocycles. The van der Waals surface area contributed by atoms with E-state index in [1.54, 1.807) is 19.3 Å². The lowest BCUT2D eigenvalue weighted by Gasteiger charge is -2.18. The van der Waals surface area contributed by atoms with Crippen LogP contribution >= 0.6 is 11.6 Å². The number of guanidine groups is 1. The van der Waals surface area contributed by atoms with Crippen LogP contribution in [0, 0.1) is 6.92 Å². The Kier molecular flexibility index (Phi) is 7.54. The number of aromatic nitrogens is 1. The quantitative estimate of drug-likeness (QED) is 0.452. The first-order chi connectivity index (χ1) is 12.1. The summed E-state index contributed by atoms with van der Waals surface area (Å²) in [5.41, 5.74) is 2.35. The Bertz CT molecular complexity index is 671. The van der Waals surface area contributed by atoms with Gasteiger partial charge in [0.25, 0.3) is 0 Å². The summed E-state index contributed by atoms with van der Waals surface area (Å²) in [6, 6.07) is 11.8. The van der Waals surface area contributed by atoms with E-state index < -0.39 is 0 Å². The highest BCUT2D eigenvalue weighted by molar-refractivity contribution is 6.29. The Morgan fingerprint density at radius 1 is 1.20 bits per heavy atom. The predicted molar refractivity (Wildman–Crippen MR) is 104 cm³/mol. The summed E-state index contributed by atoms with van der Waals surface area (Å²) in [6.45, 7) is 5.51. The number of ether oxygens (including phenoxy) is 1. The van der Waals surface area contributed by atoms with Crippen LogP contribution in [0.5, 0.6) is 5.75 Å². The van der Waals surface area contributed by atoms with Gasteiger partial charge in [0, 0.05) is 19.8 Å². The highest BCUT2D eigenvalue weighted by Crippen LogP contribution is 2.12. The Morgan fingerprint density at radius 3 is 2.60 bits per heavy atom. The Morgan fingerprint density at radius 2 is 1.96 bits per heavy atom. The third kappa shape index (κ3) is 7.01. The fourth-order valence-electron chi connectivity index (χ4n) is 2.23. The average Bonchev–Trinajstić information content (AvgIpc) is 2.61. The minimum absolute atomic E-state index is 0.0294. The highest BCUT2D eigenvalue weighted by atomic mass is 35.5. The molecule has 134 valence electrons. The molecule has 0 aliphatic heterocycles. The van der Waals surface area contributed by atoms with Gasteiger partial charge >= 0.3 is 0 Å². The summed E-state index contributed by atoms with van der Waals surface area (Å²) in [5.74, 6) is 1.62. The van der Waals surface area contributed by atoms with Crippen LogP contribution in [0.1, 0.15) is 18.1 Å². The number of pyridine rings is 1. The van der Waals surface area contributed by atoms with Gasteiger partial charge in [-0.1, -0.05) is 35.4 Å². The molecule has 2 rings (SSSR count). The van der Waals surface area contributed by atoms with Gasteiger partial charge in [0.05, 0.1) is 6.54 Å². The highest BCUT2D eigenvalue weighted by Gasteiger charge is 2.06. The minimum atomic E-state index is 0.0294. The second-order valence-corrected chi connectivity index (χ2v) is 6.25. The van der Waals surface area contributed by atoms with Gasteiger partial charge < -0.3 is 15.4 Å². The molecule has 0 bridgehead atoms. The van der Waals surface area contributed by atoms with Gasteiger partial charge in [-0.15, -0.1) is 0 Å². The molecule has 5 nitrogen and oxygen atoms in total. The number of hydrogen-bond donors (Lipinski definition) is 2. The fourth-order valence-corrected chi connectivity index (χ4v) is 2.34. The Labute approximate surface area is 154 Å². The SMILES string of the molecule is CN=C(NCCc1ccc(Cl)nc1)NCC(C)Oc1ccc(C)cc1. The van der Waals surface area contributed by atoms with Gasteiger partial charge in [-0.3, -0.25) is 4.99 Å². The van der Waals surface area contributed by atoms with Gasteiger partial charge in [0.15, 0.2) is 5.96 Å². The van der Waals surface area contributed by atoms with Crippen molar-refractivity contribution in [2.75, 3.05) is 20.1 Å². The number of hydrogen-bond acceptors (Lipinski definition) is 3. The van der Waals surface area contributed by atoms with E-state index in [2.05, 4.69) is 27.5 Å². The number of aryl methyl sites for hydroxylation is 1. The fraction of sp³-hybridized carbons (Fsp3) is 0.368. The number of nitrogens with one attached hydrogen (secondary N) is 2. The zero-order valence-electron chi connectivity index (χ0n) is 14.9. The molecule has 0 spiro atoms. The van der Waals surface area contributed by atoms with Crippen molar-refractivity contribution in [1.82, 2.24) is 15.6 Å². The second kappa shape index (κ2) is 9.89. The maximum Gasteiger partial charge on any atom is 0.191 e. The minimum Gasteiger partial charge on any atom is -0.489 e. The first-order valence-electron chi connectivity index (χ1n) is 8.35. The van der Waals surface area contributed by atoms with E-state index in [0.717, 1.165) is 30.2 Å². The number of nitrogens with zero attached hydrogens (tertiary/aromatic N) is 2. The first kappa shape index (κ1) is 19.1. The van der Waals surface area contributed by atoms with Crippen molar-refractivity contribution in [1.29, 1.82) is 0 Å². The average molecular weight is 361 g/mol. The van der Waals surface area contributed by atoms with Crippen LogP contribution in [0.25, 0.3) is 0 Å². The molecule has 0 amide bonds. The predicted octanol–water partition coefficient (Wildman–Crippen LogP) is 3.22. The zero-order valence-corrected chi connectivity index (χ0v) is 15.7. The molecule has 0 fully saturated rings. The van der Waals surface area contributed by atoms with Crippen molar-refractivity contribution in [2.45, 2.75) is 26.4 Å². The van der Waals surface area contributed by atoms with Crippen molar-refractivity contribution in [2.24, 2.45) is 4.99 Å². The number of halogens is 1. The first-order valence-corrected chi connectivity index (χ1v) is 8.73. The molecule has 0 aliphatic carbocycles. The van der Waals surface area contributed by atoms with Gasteiger partial charge in [0.1, 0.15) is 17.0 Å². The topological polar surface area (TPSA) is 58.5 Å². The summed E-state index contributed by atoms with van der Waals surface area (Å²) < 4.78 is 5.88. The lowest BCUT2D eigenvalue weighted by molar-refractivity contribution is 0.224. The van der Waals surface area contributed by atoms with Gasteiger partial charge in [-0.25, -0.2) is 4.98 Å². The normalized spacial score (nSPS) is 12.6. The van der Waals surface area contributed by atoms with Crippen LogP contribution < -0.4 is 15.4 Å². The maximum atomic E-state index is 5.88. The number of benzene rings is 1. The summed E-state index contributed by atoms with van der Waals surface area (Å²) >= 11 is 5.79. The molecule has 6 heteroatoms. The maximum absolute atomic E-state index is 5.88. The van der Waals surface area contributed by atoms with Crippen LogP contribution in [0.2, 0.25) is 5.15 Å². The van der Waals surface area contributed by atoms with E-state index >= 15 is 0 Å². The van der Waals surface area contributed by atoms with Crippen LogP contribution in [0.4, 0.5) is 0 Å². The summed E-state index contributed by atoms with van der Waals surface area (Å²) in [5, 5.41) is 7.07. The van der Waals surface area contributed by atoms with Crippen LogP contribution in [-0.2, 0) is 6.42 Å². The number of aliphatic imine (C=N–C) groups is 1. The smallest absolute Gasteiger partial charge is 0.191 e. The molecule has 0 saturated heterocycles. The summed E-state index contributed by atoms with van der Waals surface area (Å²) in [6.07, 6.45) is 2.67. The van der Waals surface area contributed by atoms with E-state index in [1.807, 2.05) is 37.3 Å². The molecule has 2 N–H and O–H groups in total. The molecule has 1 aromatic heterocycles. The van der Waals surface area contributed by atoms with E-state index in [-0.39, 0.29) is 6.10 Å². The van der Waals surface area contributed by atoms with Gasteiger partial charge in [-0.2, -0.15) is 0 Å². The molecule has 25 heavy (non-hydrogen) atoms. The molecule has 0 radical (unpaired) electrons. The van der Waals surface area contributed by atoms with E-state index in [1.165, 1.54) is 5.56 Å². The molecular formula is C19H25ClN4O. The van der Waals surface area contributed by atoms with Crippen molar-refractivity contribution < 1.29 is 4.74 Å². The van der Waals surface area contributed by atoms with Gasteiger partial charge in [-0.05, 0) is 44.0 Å². The lowest BCUT2D eigenvalue weighted by atomic mass is 10.2. The third-order valence-electron chi connectivity index (χ3n) is 3.63. The summed E-state index contributed by atoms with van der Waals surface area (Å²) in [7, 11) is 1.75. The zero-order chi connectivity index (χ0) is 18.1. The van der Waals surface area contributed by atoms with Crippen molar-refractivity contribution >= 4 is 17.6 Å². The number of rotatable bonds is 7. The lowest BCUT2D eigenvalue weighted by Crippen LogP contribution is -2.42. The third-order valence-corrected chi connectivity index (χ3v) is 3.86. The molecule has 0 saturated carbocycles. The van der Waals surface area contributed by atoms with E-state index in [9.17, 15) is 0 Å². The van der Waals surface area contributed by atoms with Crippen LogP contribution in [-0.4, -0.2) is 37.2 Å². The van der Waals surface area contributed by atoms with Crippen molar-refractivity contribution in [3.05, 3.63) is 58.9 Å². The largest absolute Gasteiger partial charge is 0.489 e. The summed E-state index contributed by atoms with van der Waals surface area (Å²) in [4.78, 5) is 8.30. The van der Waals surface area contributed by atoms with Crippen molar-refractivity contribution in [3.63, 3.8) is 0 Å².